The third kappa shape index (κ3) is 8.15. The fourth-order valence-corrected chi connectivity index (χ4v) is 9.45. The number of cyclic esters (lactones) is 1. The number of nitrogens with one attached hydrogen (secondary N) is 1. The van der Waals surface area contributed by atoms with Gasteiger partial charge in [-0.2, -0.15) is 21.6 Å². The average Bonchev–Trinajstić information content (AvgIpc) is 3.07. The zero-order chi connectivity index (χ0) is 39.7. The number of anilines is 1. The number of aromatic nitrogens is 1. The van der Waals surface area contributed by atoms with Crippen molar-refractivity contribution in [1.82, 2.24) is 4.98 Å². The van der Waals surface area contributed by atoms with Crippen LogP contribution in [0.1, 0.15) is 108 Å². The maximum Gasteiger partial charge on any atom is 0.417 e. The third-order valence-corrected chi connectivity index (χ3v) is 12.9. The minimum atomic E-state index is -4.66. The van der Waals surface area contributed by atoms with Gasteiger partial charge in [0.2, 0.25) is 0 Å². The highest BCUT2D eigenvalue weighted by atomic mass is 32.2. The number of hydrogen-bond donors (Lipinski definition) is 1. The minimum Gasteiger partial charge on any atom is -0.500 e. The first-order valence-corrected chi connectivity index (χ1v) is 19.8. The molecule has 1 aromatic heterocycles. The minimum absolute atomic E-state index is 0.0196. The SMILES string of the molecule is CCCC(C)[C@]1(C(C)Cc2ccc(C)c(C)c2)OC(=O)C([C@@H](c2cccc(NS(=O)(=O)c3ccc(C(F)(F)F)cn3)c2)C(C)(C)CC)=C(OC)C1(C)C. The fraction of sp³-hybridized carbons (Fsp3) is 0.524. The molecule has 1 aliphatic heterocycles. The van der Waals surface area contributed by atoms with Gasteiger partial charge in [0.1, 0.15) is 11.4 Å². The average molecular weight is 757 g/mol. The molecule has 1 aliphatic rings. The van der Waals surface area contributed by atoms with Crippen molar-refractivity contribution < 1.29 is 35.9 Å². The van der Waals surface area contributed by atoms with Crippen LogP contribution in [0.2, 0.25) is 0 Å². The molecule has 0 aliphatic carbocycles. The molecule has 2 heterocycles. The lowest BCUT2D eigenvalue weighted by atomic mass is 9.56. The summed E-state index contributed by atoms with van der Waals surface area (Å²) in [5.74, 6) is -0.630. The van der Waals surface area contributed by atoms with Crippen LogP contribution in [0.3, 0.4) is 0 Å². The molecule has 7 nitrogen and oxygen atoms in total. The largest absolute Gasteiger partial charge is 0.500 e. The lowest BCUT2D eigenvalue weighted by molar-refractivity contribution is -0.206. The second-order valence-corrected chi connectivity index (χ2v) is 17.5. The number of esters is 1. The first-order valence-electron chi connectivity index (χ1n) is 18.3. The number of halogens is 3. The molecule has 0 amide bonds. The van der Waals surface area contributed by atoms with Crippen molar-refractivity contribution in [3.05, 3.63) is 99.9 Å². The molecule has 3 aromatic rings. The van der Waals surface area contributed by atoms with Crippen LogP contribution in [-0.4, -0.2) is 32.1 Å². The molecule has 11 heteroatoms. The van der Waals surface area contributed by atoms with E-state index < -0.39 is 55.1 Å². The van der Waals surface area contributed by atoms with Crippen LogP contribution < -0.4 is 4.72 Å². The van der Waals surface area contributed by atoms with E-state index in [4.69, 9.17) is 9.47 Å². The van der Waals surface area contributed by atoms with E-state index in [-0.39, 0.29) is 17.5 Å². The molecule has 0 saturated carbocycles. The van der Waals surface area contributed by atoms with Crippen molar-refractivity contribution >= 4 is 21.7 Å². The molecule has 2 aromatic carbocycles. The van der Waals surface area contributed by atoms with E-state index in [0.29, 0.717) is 42.0 Å². The summed E-state index contributed by atoms with van der Waals surface area (Å²) in [6, 6.07) is 14.7. The number of carbonyl (C=O) groups excluding carboxylic acids is 1. The van der Waals surface area contributed by atoms with Crippen molar-refractivity contribution in [3.8, 4) is 0 Å². The van der Waals surface area contributed by atoms with E-state index in [1.54, 1.807) is 25.3 Å². The standard InChI is InChI=1S/C42H55F3N2O5S/c1-12-15-28(5)41(29(6)23-30-19-18-26(3)27(4)22-30)40(9,10)37(51-11)35(38(48)52-41)36(39(7,8)13-2)31-16-14-17-33(24-31)47-53(49,50)34-21-20-32(25-46-34)42(43,44)45/h14,16-22,24-25,28-29,36,47H,12-13,15,23H2,1-11H3/t28?,29?,36-,41-/m1/s1. The van der Waals surface area contributed by atoms with Gasteiger partial charge in [0.15, 0.2) is 5.03 Å². The van der Waals surface area contributed by atoms with Crippen molar-refractivity contribution in [2.75, 3.05) is 11.8 Å². The van der Waals surface area contributed by atoms with Crippen LogP contribution in [0, 0.1) is 36.5 Å². The molecule has 2 unspecified atom stereocenters. The zero-order valence-corrected chi connectivity index (χ0v) is 33.7. The molecule has 4 rings (SSSR count). The molecule has 4 atom stereocenters. The molecule has 1 N–H and O–H groups in total. The van der Waals surface area contributed by atoms with Gasteiger partial charge in [-0.3, -0.25) is 4.72 Å². The highest BCUT2D eigenvalue weighted by Crippen LogP contribution is 2.59. The van der Waals surface area contributed by atoms with Crippen molar-refractivity contribution in [1.29, 1.82) is 0 Å². The smallest absolute Gasteiger partial charge is 0.417 e. The van der Waals surface area contributed by atoms with Gasteiger partial charge in [-0.25, -0.2) is 9.78 Å². The number of rotatable bonds is 14. The Morgan fingerprint density at radius 2 is 1.64 bits per heavy atom. The zero-order valence-electron chi connectivity index (χ0n) is 32.9. The Morgan fingerprint density at radius 3 is 2.19 bits per heavy atom. The van der Waals surface area contributed by atoms with Crippen LogP contribution in [0.4, 0.5) is 18.9 Å². The Bertz CT molecular complexity index is 1940. The lowest BCUT2D eigenvalue weighted by Gasteiger charge is -2.57. The van der Waals surface area contributed by atoms with E-state index in [9.17, 15) is 26.4 Å². The van der Waals surface area contributed by atoms with Gasteiger partial charge in [0.25, 0.3) is 10.0 Å². The molecule has 0 fully saturated rings. The van der Waals surface area contributed by atoms with E-state index in [1.165, 1.54) is 16.7 Å². The molecule has 0 bridgehead atoms. The number of aryl methyl sites for hydroxylation is 2. The van der Waals surface area contributed by atoms with Gasteiger partial charge in [-0.1, -0.05) is 84.7 Å². The molecular formula is C42H55F3N2O5S. The summed E-state index contributed by atoms with van der Waals surface area (Å²) in [6.07, 6.45) is -1.09. The Labute approximate surface area is 313 Å². The van der Waals surface area contributed by atoms with E-state index in [2.05, 4.69) is 76.4 Å². The summed E-state index contributed by atoms with van der Waals surface area (Å²) in [5.41, 5.74) is 1.47. The predicted octanol–water partition coefficient (Wildman–Crippen LogP) is 10.6. The van der Waals surface area contributed by atoms with Gasteiger partial charge in [0, 0.05) is 23.7 Å². The van der Waals surface area contributed by atoms with Crippen molar-refractivity contribution in [3.63, 3.8) is 0 Å². The van der Waals surface area contributed by atoms with Crippen LogP contribution in [-0.2, 0) is 36.9 Å². The number of hydrogen-bond acceptors (Lipinski definition) is 6. The number of methoxy groups -OCH3 is 1. The molecule has 0 spiro atoms. The van der Waals surface area contributed by atoms with Gasteiger partial charge >= 0.3 is 12.1 Å². The topological polar surface area (TPSA) is 94.6 Å². The number of ether oxygens (including phenoxy) is 2. The van der Waals surface area contributed by atoms with Crippen LogP contribution in [0.25, 0.3) is 0 Å². The Kier molecular flexibility index (Phi) is 12.2. The second-order valence-electron chi connectivity index (χ2n) is 15.9. The molecule has 290 valence electrons. The second kappa shape index (κ2) is 15.5. The number of carbonyl (C=O) groups is 1. The summed E-state index contributed by atoms with van der Waals surface area (Å²) in [6.45, 7) is 20.9. The molecule has 0 radical (unpaired) electrons. The number of benzene rings is 2. The monoisotopic (exact) mass is 756 g/mol. The van der Waals surface area contributed by atoms with Gasteiger partial charge in [0.05, 0.1) is 23.7 Å². The number of nitrogens with zero attached hydrogens (tertiary/aromatic N) is 1. The van der Waals surface area contributed by atoms with Crippen molar-refractivity contribution in [2.45, 2.75) is 118 Å². The summed E-state index contributed by atoms with van der Waals surface area (Å²) >= 11 is 0. The summed E-state index contributed by atoms with van der Waals surface area (Å²) < 4.78 is 81.6. The number of sulfonamides is 1. The van der Waals surface area contributed by atoms with E-state index in [1.807, 2.05) is 26.8 Å². The number of alkyl halides is 3. The summed E-state index contributed by atoms with van der Waals surface area (Å²) in [4.78, 5) is 18.4. The van der Waals surface area contributed by atoms with E-state index >= 15 is 0 Å². The normalized spacial score (nSPS) is 19.7. The van der Waals surface area contributed by atoms with Crippen LogP contribution in [0.5, 0.6) is 0 Å². The Balaban J connectivity index is 1.85. The Hall–Kier alpha value is -3.86. The lowest BCUT2D eigenvalue weighted by Crippen LogP contribution is -2.62. The molecule has 53 heavy (non-hydrogen) atoms. The molecular weight excluding hydrogens is 702 g/mol. The summed E-state index contributed by atoms with van der Waals surface area (Å²) in [7, 11) is -2.76. The molecule has 0 saturated heterocycles. The number of pyridine rings is 1. The highest BCUT2D eigenvalue weighted by Gasteiger charge is 2.62. The first-order chi connectivity index (χ1) is 24.6. The van der Waals surface area contributed by atoms with Crippen LogP contribution >= 0.6 is 0 Å². The van der Waals surface area contributed by atoms with Gasteiger partial charge in [-0.05, 0) is 98.4 Å². The quantitative estimate of drug-likeness (QED) is 0.165. The van der Waals surface area contributed by atoms with Gasteiger partial charge < -0.3 is 9.47 Å². The highest BCUT2D eigenvalue weighted by molar-refractivity contribution is 7.92. The first kappa shape index (κ1) is 41.9. The third-order valence-electron chi connectivity index (χ3n) is 11.6. The van der Waals surface area contributed by atoms with Gasteiger partial charge in [-0.15, -0.1) is 0 Å². The maximum atomic E-state index is 14.8. The van der Waals surface area contributed by atoms with E-state index in [0.717, 1.165) is 18.9 Å². The maximum absolute atomic E-state index is 14.8. The fourth-order valence-electron chi connectivity index (χ4n) is 8.47. The van der Waals surface area contributed by atoms with Crippen molar-refractivity contribution in [2.24, 2.45) is 22.7 Å². The predicted molar refractivity (Wildman–Crippen MR) is 203 cm³/mol. The van der Waals surface area contributed by atoms with Crippen LogP contribution in [0.15, 0.2) is 77.2 Å². The summed E-state index contributed by atoms with van der Waals surface area (Å²) in [5, 5.41) is -0.559. The Morgan fingerprint density at radius 1 is 0.962 bits per heavy atom.